The normalized spacial score (nSPS) is 14.7. The molecule has 0 radical (unpaired) electrons. The molecule has 1 amide bonds. The summed E-state index contributed by atoms with van der Waals surface area (Å²) >= 11 is 0. The number of methoxy groups -OCH3 is 1. The Morgan fingerprint density at radius 1 is 1.26 bits per heavy atom. The van der Waals surface area contributed by atoms with Crippen LogP contribution in [0.3, 0.4) is 0 Å². The third-order valence-corrected chi connectivity index (χ3v) is 3.20. The average molecular weight is 269 g/mol. The van der Waals surface area contributed by atoms with Crippen LogP contribution in [0, 0.1) is 17.6 Å². The fourth-order valence-corrected chi connectivity index (χ4v) is 1.82. The van der Waals surface area contributed by atoms with E-state index in [0.717, 1.165) is 32.4 Å². The Balaban J connectivity index is 2.24. The number of hydrogen-bond donors (Lipinski definition) is 1. The van der Waals surface area contributed by atoms with E-state index >= 15 is 0 Å². The van der Waals surface area contributed by atoms with Crippen LogP contribution in [0.5, 0.6) is 0 Å². The monoisotopic (exact) mass is 269 g/mol. The second-order valence-electron chi connectivity index (χ2n) is 4.42. The molecule has 0 aliphatic heterocycles. The number of carbonyl (C=O) groups is 2. The van der Waals surface area contributed by atoms with Crippen molar-refractivity contribution in [2.45, 2.75) is 19.3 Å². The molecule has 0 heterocycles. The van der Waals surface area contributed by atoms with Crippen molar-refractivity contribution in [3.05, 3.63) is 29.3 Å². The Kier molecular flexibility index (Phi) is 3.78. The minimum absolute atomic E-state index is 0.133. The first-order valence-electron chi connectivity index (χ1n) is 5.91. The summed E-state index contributed by atoms with van der Waals surface area (Å²) in [4.78, 5) is 23.0. The number of amides is 1. The molecule has 1 fully saturated rings. The lowest BCUT2D eigenvalue weighted by molar-refractivity contribution is -0.122. The summed E-state index contributed by atoms with van der Waals surface area (Å²) < 4.78 is 31.3. The number of esters is 1. The molecule has 0 aromatic heterocycles. The molecule has 19 heavy (non-hydrogen) atoms. The van der Waals surface area contributed by atoms with Crippen molar-refractivity contribution in [3.63, 3.8) is 0 Å². The summed E-state index contributed by atoms with van der Waals surface area (Å²) in [6.07, 6.45) is 2.49. The van der Waals surface area contributed by atoms with Gasteiger partial charge in [0, 0.05) is 12.0 Å². The smallest absolute Gasteiger partial charge is 0.340 e. The fourth-order valence-electron chi connectivity index (χ4n) is 1.82. The van der Waals surface area contributed by atoms with Gasteiger partial charge < -0.3 is 10.1 Å². The van der Waals surface area contributed by atoms with Crippen molar-refractivity contribution >= 4 is 17.6 Å². The van der Waals surface area contributed by atoms with E-state index < -0.39 is 23.2 Å². The van der Waals surface area contributed by atoms with Crippen molar-refractivity contribution in [2.24, 2.45) is 5.92 Å². The molecule has 102 valence electrons. The van der Waals surface area contributed by atoms with Gasteiger partial charge in [-0.05, 0) is 18.9 Å². The Morgan fingerprint density at radius 2 is 1.95 bits per heavy atom. The summed E-state index contributed by atoms with van der Waals surface area (Å²) in [5, 5.41) is 2.37. The van der Waals surface area contributed by atoms with Gasteiger partial charge in [0.15, 0.2) is 0 Å². The highest BCUT2D eigenvalue weighted by Gasteiger charge is 2.26. The van der Waals surface area contributed by atoms with Crippen molar-refractivity contribution in [2.75, 3.05) is 12.4 Å². The van der Waals surface area contributed by atoms with Crippen LogP contribution >= 0.6 is 0 Å². The lowest BCUT2D eigenvalue weighted by Crippen LogP contribution is -2.28. The van der Waals surface area contributed by atoms with E-state index in [9.17, 15) is 18.4 Å². The highest BCUT2D eigenvalue weighted by Crippen LogP contribution is 2.28. The lowest BCUT2D eigenvalue weighted by Gasteiger charge is -2.24. The number of carbonyl (C=O) groups excluding carboxylic acids is 2. The van der Waals surface area contributed by atoms with Gasteiger partial charge in [0.05, 0.1) is 18.4 Å². The van der Waals surface area contributed by atoms with E-state index in [1.54, 1.807) is 0 Å². The van der Waals surface area contributed by atoms with Crippen LogP contribution < -0.4 is 5.32 Å². The first-order chi connectivity index (χ1) is 9.02. The topological polar surface area (TPSA) is 55.4 Å². The molecule has 0 bridgehead atoms. The van der Waals surface area contributed by atoms with Crippen molar-refractivity contribution in [1.82, 2.24) is 0 Å². The van der Waals surface area contributed by atoms with Crippen molar-refractivity contribution in [1.29, 1.82) is 0 Å². The first kappa shape index (κ1) is 13.5. The molecule has 2 rings (SSSR count). The third kappa shape index (κ3) is 2.72. The standard InChI is InChI=1S/C13H13F2NO3/c1-19-13(18)8-5-11(10(15)6-9(8)14)16-12(17)7-3-2-4-7/h5-7H,2-4H2,1H3,(H,16,17). The molecule has 1 aromatic rings. The zero-order valence-electron chi connectivity index (χ0n) is 10.3. The number of hydrogen-bond acceptors (Lipinski definition) is 3. The molecule has 1 aliphatic rings. The van der Waals surface area contributed by atoms with E-state index in [1.165, 1.54) is 0 Å². The summed E-state index contributed by atoms with van der Waals surface area (Å²) in [7, 11) is 1.09. The van der Waals surface area contributed by atoms with Gasteiger partial charge in [-0.15, -0.1) is 0 Å². The maximum atomic E-state index is 13.5. The maximum Gasteiger partial charge on any atom is 0.340 e. The SMILES string of the molecule is COC(=O)c1cc(NC(=O)C2CCC2)c(F)cc1F. The molecule has 0 unspecified atom stereocenters. The van der Waals surface area contributed by atoms with Gasteiger partial charge in [-0.2, -0.15) is 0 Å². The number of nitrogens with one attached hydrogen (secondary N) is 1. The molecule has 0 saturated heterocycles. The van der Waals surface area contributed by atoms with Gasteiger partial charge >= 0.3 is 5.97 Å². The number of anilines is 1. The number of rotatable bonds is 3. The first-order valence-corrected chi connectivity index (χ1v) is 5.91. The largest absolute Gasteiger partial charge is 0.465 e. The lowest BCUT2D eigenvalue weighted by atomic mass is 9.85. The third-order valence-electron chi connectivity index (χ3n) is 3.20. The zero-order chi connectivity index (χ0) is 14.0. The number of ether oxygens (including phenoxy) is 1. The van der Waals surface area contributed by atoms with Crippen LogP contribution in [0.1, 0.15) is 29.6 Å². The summed E-state index contributed by atoms with van der Waals surface area (Å²) in [6.45, 7) is 0. The van der Waals surface area contributed by atoms with E-state index in [0.29, 0.717) is 6.07 Å². The molecule has 1 aromatic carbocycles. The minimum Gasteiger partial charge on any atom is -0.465 e. The van der Waals surface area contributed by atoms with Crippen LogP contribution in [0.15, 0.2) is 12.1 Å². The van der Waals surface area contributed by atoms with Gasteiger partial charge in [0.1, 0.15) is 11.6 Å². The summed E-state index contributed by atoms with van der Waals surface area (Å²) in [5.74, 6) is -3.31. The van der Waals surface area contributed by atoms with Gasteiger partial charge in [-0.25, -0.2) is 13.6 Å². The van der Waals surface area contributed by atoms with Crippen LogP contribution in [0.4, 0.5) is 14.5 Å². The molecular weight excluding hydrogens is 256 g/mol. The highest BCUT2D eigenvalue weighted by molar-refractivity contribution is 5.96. The van der Waals surface area contributed by atoms with Crippen LogP contribution in [0.25, 0.3) is 0 Å². The van der Waals surface area contributed by atoms with Crippen molar-refractivity contribution in [3.8, 4) is 0 Å². The van der Waals surface area contributed by atoms with Gasteiger partial charge in [-0.1, -0.05) is 6.42 Å². The van der Waals surface area contributed by atoms with Crippen LogP contribution in [-0.4, -0.2) is 19.0 Å². The van der Waals surface area contributed by atoms with Crippen molar-refractivity contribution < 1.29 is 23.1 Å². The molecule has 1 N–H and O–H groups in total. The molecule has 6 heteroatoms. The molecular formula is C13H13F2NO3. The average Bonchev–Trinajstić information content (AvgIpc) is 2.29. The van der Waals surface area contributed by atoms with Crippen LogP contribution in [-0.2, 0) is 9.53 Å². The van der Waals surface area contributed by atoms with E-state index in [-0.39, 0.29) is 17.5 Å². The molecule has 0 atom stereocenters. The number of halogens is 2. The predicted octanol–water partition coefficient (Wildman–Crippen LogP) is 2.49. The minimum atomic E-state index is -1.02. The fraction of sp³-hybridized carbons (Fsp3) is 0.385. The maximum absolute atomic E-state index is 13.5. The Hall–Kier alpha value is -1.98. The van der Waals surface area contributed by atoms with Gasteiger partial charge in [0.2, 0.25) is 5.91 Å². The molecule has 1 aliphatic carbocycles. The quantitative estimate of drug-likeness (QED) is 0.858. The Bertz CT molecular complexity index is 527. The Labute approximate surface area is 108 Å². The van der Waals surface area contributed by atoms with Crippen LogP contribution in [0.2, 0.25) is 0 Å². The van der Waals surface area contributed by atoms with E-state index in [1.807, 2.05) is 0 Å². The predicted molar refractivity (Wildman–Crippen MR) is 63.7 cm³/mol. The zero-order valence-corrected chi connectivity index (χ0v) is 10.3. The second kappa shape index (κ2) is 5.34. The van der Waals surface area contributed by atoms with E-state index in [4.69, 9.17) is 0 Å². The number of benzene rings is 1. The Morgan fingerprint density at radius 3 is 2.47 bits per heavy atom. The molecule has 0 spiro atoms. The highest BCUT2D eigenvalue weighted by atomic mass is 19.1. The molecule has 4 nitrogen and oxygen atoms in total. The summed E-state index contributed by atoms with van der Waals surface area (Å²) in [6, 6.07) is 1.51. The summed E-state index contributed by atoms with van der Waals surface area (Å²) in [5.41, 5.74) is -0.619. The van der Waals surface area contributed by atoms with Gasteiger partial charge in [-0.3, -0.25) is 4.79 Å². The van der Waals surface area contributed by atoms with E-state index in [2.05, 4.69) is 10.1 Å². The second-order valence-corrected chi connectivity index (χ2v) is 4.42. The molecule has 1 saturated carbocycles. The van der Waals surface area contributed by atoms with Gasteiger partial charge in [0.25, 0.3) is 0 Å².